The first kappa shape index (κ1) is 16.6. The smallest absolute Gasteiger partial charge is 0.328 e. The summed E-state index contributed by atoms with van der Waals surface area (Å²) in [5.74, 6) is 1.82. The Morgan fingerprint density at radius 2 is 1.64 bits per heavy atom. The fourth-order valence-electron chi connectivity index (χ4n) is 6.10. The Morgan fingerprint density at radius 3 is 2.16 bits per heavy atom. The summed E-state index contributed by atoms with van der Waals surface area (Å²) >= 11 is 0. The standard InChI is InChI=1S/C21H27NO3/c1-25-20(24)19(22-18(23)10-14-5-3-2-4-6-14)21-11-15-7-16(12-21)9-17(8-15)13-21/h2-6,15-17,19H,7-13H2,1H3,(H,22,23)/t15?,16?,17?,19-,21?/m1/s1. The van der Waals surface area contributed by atoms with Gasteiger partial charge in [0.15, 0.2) is 0 Å². The van der Waals surface area contributed by atoms with Gasteiger partial charge in [0.1, 0.15) is 6.04 Å². The van der Waals surface area contributed by atoms with Crippen molar-refractivity contribution in [3.05, 3.63) is 35.9 Å². The molecule has 1 amide bonds. The van der Waals surface area contributed by atoms with Crippen LogP contribution in [0.15, 0.2) is 30.3 Å². The molecule has 5 rings (SSSR count). The Labute approximate surface area is 149 Å². The van der Waals surface area contributed by atoms with Crippen LogP contribution in [0.25, 0.3) is 0 Å². The fraction of sp³-hybridized carbons (Fsp3) is 0.619. The summed E-state index contributed by atoms with van der Waals surface area (Å²) in [6, 6.07) is 9.18. The number of esters is 1. The molecule has 25 heavy (non-hydrogen) atoms. The molecule has 4 aliphatic carbocycles. The highest BCUT2D eigenvalue weighted by atomic mass is 16.5. The van der Waals surface area contributed by atoms with E-state index in [1.165, 1.54) is 26.4 Å². The highest BCUT2D eigenvalue weighted by Crippen LogP contribution is 2.61. The summed E-state index contributed by atoms with van der Waals surface area (Å²) < 4.78 is 5.10. The van der Waals surface area contributed by atoms with Crippen molar-refractivity contribution in [1.29, 1.82) is 0 Å². The van der Waals surface area contributed by atoms with E-state index in [1.807, 2.05) is 30.3 Å². The van der Waals surface area contributed by atoms with E-state index < -0.39 is 6.04 Å². The van der Waals surface area contributed by atoms with Gasteiger partial charge in [-0.05, 0) is 61.8 Å². The molecule has 1 N–H and O–H groups in total. The SMILES string of the molecule is COC(=O)[C@@H](NC(=O)Cc1ccccc1)C12CC3CC(CC(C3)C1)C2. The molecule has 0 spiro atoms. The molecule has 0 aliphatic heterocycles. The van der Waals surface area contributed by atoms with Crippen LogP contribution in [0.5, 0.6) is 0 Å². The largest absolute Gasteiger partial charge is 0.467 e. The first-order valence-corrected chi connectivity index (χ1v) is 9.49. The maximum atomic E-state index is 12.6. The number of hydrogen-bond acceptors (Lipinski definition) is 3. The number of ether oxygens (including phenoxy) is 1. The Balaban J connectivity index is 1.52. The quantitative estimate of drug-likeness (QED) is 0.837. The summed E-state index contributed by atoms with van der Waals surface area (Å²) in [6.07, 6.45) is 7.42. The van der Waals surface area contributed by atoms with Crippen LogP contribution in [0.1, 0.15) is 44.1 Å². The lowest BCUT2D eigenvalue weighted by molar-refractivity contribution is -0.157. The van der Waals surface area contributed by atoms with E-state index >= 15 is 0 Å². The van der Waals surface area contributed by atoms with Gasteiger partial charge in [0.2, 0.25) is 5.91 Å². The molecule has 0 unspecified atom stereocenters. The monoisotopic (exact) mass is 341 g/mol. The number of amides is 1. The molecule has 1 aromatic carbocycles. The van der Waals surface area contributed by atoms with Gasteiger partial charge in [-0.3, -0.25) is 4.79 Å². The second kappa shape index (κ2) is 6.47. The molecule has 1 atom stereocenters. The number of nitrogens with one attached hydrogen (secondary N) is 1. The second-order valence-electron chi connectivity index (χ2n) is 8.47. The molecule has 4 fully saturated rings. The van der Waals surface area contributed by atoms with E-state index in [1.54, 1.807) is 0 Å². The minimum atomic E-state index is -0.498. The summed E-state index contributed by atoms with van der Waals surface area (Å²) in [5, 5.41) is 3.06. The van der Waals surface area contributed by atoms with E-state index in [0.717, 1.165) is 42.6 Å². The third kappa shape index (κ3) is 3.19. The summed E-state index contributed by atoms with van der Waals surface area (Å²) in [7, 11) is 1.43. The van der Waals surface area contributed by atoms with Crippen LogP contribution in [0, 0.1) is 23.2 Å². The van der Waals surface area contributed by atoms with Gasteiger partial charge in [-0.15, -0.1) is 0 Å². The van der Waals surface area contributed by atoms with Gasteiger partial charge in [-0.25, -0.2) is 4.79 Å². The predicted octanol–water partition coefficient (Wildman–Crippen LogP) is 3.10. The lowest BCUT2D eigenvalue weighted by Gasteiger charge is -2.58. The van der Waals surface area contributed by atoms with Crippen LogP contribution in [0.4, 0.5) is 0 Å². The minimum absolute atomic E-state index is 0.0858. The molecular weight excluding hydrogens is 314 g/mol. The van der Waals surface area contributed by atoms with Gasteiger partial charge in [0, 0.05) is 5.41 Å². The first-order valence-electron chi connectivity index (χ1n) is 9.49. The molecule has 0 heterocycles. The van der Waals surface area contributed by atoms with Crippen LogP contribution in [-0.2, 0) is 20.7 Å². The van der Waals surface area contributed by atoms with E-state index in [0.29, 0.717) is 6.42 Å². The molecule has 4 heteroatoms. The van der Waals surface area contributed by atoms with Crippen molar-refractivity contribution in [1.82, 2.24) is 5.32 Å². The molecular formula is C21H27NO3. The number of hydrogen-bond donors (Lipinski definition) is 1. The Kier molecular flexibility index (Phi) is 4.30. The van der Waals surface area contributed by atoms with Gasteiger partial charge in [-0.1, -0.05) is 30.3 Å². The van der Waals surface area contributed by atoms with E-state index in [4.69, 9.17) is 4.74 Å². The van der Waals surface area contributed by atoms with Crippen LogP contribution in [-0.4, -0.2) is 25.0 Å². The van der Waals surface area contributed by atoms with Crippen molar-refractivity contribution in [2.75, 3.05) is 7.11 Å². The molecule has 4 nitrogen and oxygen atoms in total. The first-order chi connectivity index (χ1) is 12.1. The number of benzene rings is 1. The number of methoxy groups -OCH3 is 1. The van der Waals surface area contributed by atoms with Crippen LogP contribution < -0.4 is 5.32 Å². The van der Waals surface area contributed by atoms with Gasteiger partial charge < -0.3 is 10.1 Å². The highest BCUT2D eigenvalue weighted by molar-refractivity contribution is 5.86. The van der Waals surface area contributed by atoms with Crippen molar-refractivity contribution >= 4 is 11.9 Å². The maximum Gasteiger partial charge on any atom is 0.328 e. The number of rotatable bonds is 5. The zero-order valence-corrected chi connectivity index (χ0v) is 14.9. The van der Waals surface area contributed by atoms with E-state index in [-0.39, 0.29) is 17.3 Å². The van der Waals surface area contributed by atoms with E-state index in [2.05, 4.69) is 5.32 Å². The Hall–Kier alpha value is -1.84. The highest BCUT2D eigenvalue weighted by Gasteiger charge is 2.56. The lowest BCUT2D eigenvalue weighted by atomic mass is 9.47. The van der Waals surface area contributed by atoms with Crippen LogP contribution >= 0.6 is 0 Å². The average Bonchev–Trinajstić information content (AvgIpc) is 2.58. The molecule has 1 aromatic rings. The molecule has 4 aliphatic rings. The van der Waals surface area contributed by atoms with Crippen molar-refractivity contribution < 1.29 is 14.3 Å². The average molecular weight is 341 g/mol. The Bertz CT molecular complexity index is 619. The van der Waals surface area contributed by atoms with Crippen LogP contribution in [0.3, 0.4) is 0 Å². The van der Waals surface area contributed by atoms with E-state index in [9.17, 15) is 9.59 Å². The molecule has 4 bridgehead atoms. The van der Waals surface area contributed by atoms with Crippen LogP contribution in [0.2, 0.25) is 0 Å². The third-order valence-corrected chi connectivity index (χ3v) is 6.65. The van der Waals surface area contributed by atoms with Crippen molar-refractivity contribution in [2.45, 2.75) is 51.0 Å². The van der Waals surface area contributed by atoms with Gasteiger partial charge in [0.25, 0.3) is 0 Å². The van der Waals surface area contributed by atoms with Gasteiger partial charge in [0.05, 0.1) is 13.5 Å². The summed E-state index contributed by atoms with van der Waals surface area (Å²) in [5.41, 5.74) is 0.878. The molecule has 0 radical (unpaired) electrons. The third-order valence-electron chi connectivity index (χ3n) is 6.65. The second-order valence-corrected chi connectivity index (χ2v) is 8.47. The zero-order valence-electron chi connectivity index (χ0n) is 14.9. The summed E-state index contributed by atoms with van der Waals surface area (Å²) in [4.78, 5) is 25.2. The molecule has 0 aromatic heterocycles. The van der Waals surface area contributed by atoms with Gasteiger partial charge >= 0.3 is 5.97 Å². The van der Waals surface area contributed by atoms with Crippen molar-refractivity contribution in [3.8, 4) is 0 Å². The minimum Gasteiger partial charge on any atom is -0.467 e. The molecule has 4 saturated carbocycles. The number of carbonyl (C=O) groups excluding carboxylic acids is 2. The Morgan fingerprint density at radius 1 is 1.08 bits per heavy atom. The maximum absolute atomic E-state index is 12.6. The van der Waals surface area contributed by atoms with Gasteiger partial charge in [-0.2, -0.15) is 0 Å². The normalized spacial score (nSPS) is 33.7. The molecule has 0 saturated heterocycles. The fourth-order valence-corrected chi connectivity index (χ4v) is 6.10. The summed E-state index contributed by atoms with van der Waals surface area (Å²) in [6.45, 7) is 0. The van der Waals surface area contributed by atoms with Crippen molar-refractivity contribution in [3.63, 3.8) is 0 Å². The topological polar surface area (TPSA) is 55.4 Å². The zero-order chi connectivity index (χ0) is 17.4. The number of carbonyl (C=O) groups is 2. The lowest BCUT2D eigenvalue weighted by Crippen LogP contribution is -2.60. The molecule has 134 valence electrons. The predicted molar refractivity (Wildman–Crippen MR) is 94.7 cm³/mol. The van der Waals surface area contributed by atoms with Crippen molar-refractivity contribution in [2.24, 2.45) is 23.2 Å².